The molecule has 0 fully saturated rings. The number of unbranched alkanes of at least 4 members (excludes halogenated alkanes) is 1. The first-order chi connectivity index (χ1) is 17.6. The standard InChI is InChI=1S/C29H34N4O3/c30-19-7-6-12-27(28(34)32-26-18-13-22-10-4-5-11-25(22)26)33-29(35)31-23-14-16-24(17-15-23)36-20-21-8-2-1-3-9-21/h1-5,8-11,14-17,26-27H,6-7,12-13,18-20,30H2,(H,32,34)(H2,31,33,35)/t26?,27-/m0/s1. The maximum Gasteiger partial charge on any atom is 0.319 e. The van der Waals surface area contributed by atoms with Crippen molar-refractivity contribution in [2.45, 2.75) is 50.8 Å². The number of rotatable bonds is 11. The Bertz CT molecular complexity index is 1130. The maximum absolute atomic E-state index is 13.1. The summed E-state index contributed by atoms with van der Waals surface area (Å²) < 4.78 is 5.80. The summed E-state index contributed by atoms with van der Waals surface area (Å²) >= 11 is 0. The molecule has 0 heterocycles. The van der Waals surface area contributed by atoms with Gasteiger partial charge in [0.1, 0.15) is 18.4 Å². The Balaban J connectivity index is 1.31. The fraction of sp³-hybridized carbons (Fsp3) is 0.310. The number of hydrogen-bond acceptors (Lipinski definition) is 4. The first kappa shape index (κ1) is 25.3. The monoisotopic (exact) mass is 486 g/mol. The van der Waals surface area contributed by atoms with Crippen LogP contribution < -0.4 is 26.4 Å². The van der Waals surface area contributed by atoms with Gasteiger partial charge < -0.3 is 26.4 Å². The molecule has 4 rings (SSSR count). The van der Waals surface area contributed by atoms with Crippen LogP contribution in [0.4, 0.5) is 10.5 Å². The van der Waals surface area contributed by atoms with Crippen molar-refractivity contribution in [2.24, 2.45) is 5.73 Å². The summed E-state index contributed by atoms with van der Waals surface area (Å²) in [4.78, 5) is 25.9. The molecule has 7 nitrogen and oxygen atoms in total. The predicted molar refractivity (Wildman–Crippen MR) is 142 cm³/mol. The number of carbonyl (C=O) groups is 2. The van der Waals surface area contributed by atoms with Crippen molar-refractivity contribution >= 4 is 17.6 Å². The van der Waals surface area contributed by atoms with Gasteiger partial charge in [0, 0.05) is 5.69 Å². The molecular formula is C29H34N4O3. The van der Waals surface area contributed by atoms with Crippen molar-refractivity contribution in [3.05, 3.63) is 95.6 Å². The van der Waals surface area contributed by atoms with Crippen LogP contribution in [-0.4, -0.2) is 24.5 Å². The normalized spacial score (nSPS) is 15.0. The molecule has 0 radical (unpaired) electrons. The SMILES string of the molecule is NCCCC[C@H](NC(=O)Nc1ccc(OCc2ccccc2)cc1)C(=O)NC1CCc2ccccc21. The van der Waals surface area contributed by atoms with Crippen molar-refractivity contribution in [1.29, 1.82) is 0 Å². The Morgan fingerprint density at radius 2 is 1.69 bits per heavy atom. The van der Waals surface area contributed by atoms with Crippen molar-refractivity contribution in [1.82, 2.24) is 10.6 Å². The lowest BCUT2D eigenvalue weighted by molar-refractivity contribution is -0.123. The van der Waals surface area contributed by atoms with Gasteiger partial charge in [0.15, 0.2) is 0 Å². The molecule has 3 aromatic rings. The average Bonchev–Trinajstić information content (AvgIpc) is 3.31. The Kier molecular flexibility index (Phi) is 8.94. The van der Waals surface area contributed by atoms with Crippen LogP contribution in [0.2, 0.25) is 0 Å². The van der Waals surface area contributed by atoms with Crippen LogP contribution in [0.15, 0.2) is 78.9 Å². The van der Waals surface area contributed by atoms with Gasteiger partial charge in [-0.05, 0) is 79.6 Å². The molecule has 3 aromatic carbocycles. The molecular weight excluding hydrogens is 452 g/mol. The van der Waals surface area contributed by atoms with E-state index in [1.54, 1.807) is 12.1 Å². The molecule has 2 atom stereocenters. The highest BCUT2D eigenvalue weighted by atomic mass is 16.5. The summed E-state index contributed by atoms with van der Waals surface area (Å²) in [6.45, 7) is 1.02. The Hall–Kier alpha value is -3.84. The third kappa shape index (κ3) is 7.09. The summed E-state index contributed by atoms with van der Waals surface area (Å²) in [6.07, 6.45) is 3.88. The third-order valence-corrected chi connectivity index (χ3v) is 6.38. The number of fused-ring (bicyclic) bond motifs is 1. The van der Waals surface area contributed by atoms with E-state index in [4.69, 9.17) is 10.5 Å². The van der Waals surface area contributed by atoms with E-state index >= 15 is 0 Å². The highest BCUT2D eigenvalue weighted by Crippen LogP contribution is 2.30. The number of hydrogen-bond donors (Lipinski definition) is 4. The summed E-state index contributed by atoms with van der Waals surface area (Å²) in [5.74, 6) is 0.536. The van der Waals surface area contributed by atoms with E-state index in [0.717, 1.165) is 36.8 Å². The van der Waals surface area contributed by atoms with Gasteiger partial charge in [-0.2, -0.15) is 0 Å². The average molecular weight is 487 g/mol. The topological polar surface area (TPSA) is 105 Å². The largest absolute Gasteiger partial charge is 0.489 e. The maximum atomic E-state index is 13.1. The molecule has 0 saturated carbocycles. The quantitative estimate of drug-likeness (QED) is 0.295. The van der Waals surface area contributed by atoms with Crippen LogP contribution in [0, 0.1) is 0 Å². The fourth-order valence-corrected chi connectivity index (χ4v) is 4.44. The molecule has 7 heteroatoms. The molecule has 3 amide bonds. The number of ether oxygens (including phenoxy) is 1. The molecule has 0 bridgehead atoms. The molecule has 5 N–H and O–H groups in total. The lowest BCUT2D eigenvalue weighted by Gasteiger charge is -2.22. The van der Waals surface area contributed by atoms with Crippen molar-refractivity contribution in [3.8, 4) is 5.75 Å². The Morgan fingerprint density at radius 1 is 0.944 bits per heavy atom. The Morgan fingerprint density at radius 3 is 2.47 bits per heavy atom. The van der Waals surface area contributed by atoms with Crippen molar-refractivity contribution < 1.29 is 14.3 Å². The van der Waals surface area contributed by atoms with E-state index in [1.807, 2.05) is 54.6 Å². The minimum atomic E-state index is -0.641. The summed E-state index contributed by atoms with van der Waals surface area (Å²) in [5.41, 5.74) is 9.76. The molecule has 0 saturated heterocycles. The summed E-state index contributed by atoms with van der Waals surface area (Å²) in [6, 6.07) is 24.2. The fourth-order valence-electron chi connectivity index (χ4n) is 4.44. The van der Waals surface area contributed by atoms with E-state index < -0.39 is 12.1 Å². The van der Waals surface area contributed by atoms with E-state index in [9.17, 15) is 9.59 Å². The number of nitrogens with one attached hydrogen (secondary N) is 3. The van der Waals surface area contributed by atoms with Crippen molar-refractivity contribution in [3.63, 3.8) is 0 Å². The van der Waals surface area contributed by atoms with Gasteiger partial charge in [-0.25, -0.2) is 4.79 Å². The van der Waals surface area contributed by atoms with Crippen LogP contribution in [0.1, 0.15) is 48.4 Å². The van der Waals surface area contributed by atoms with E-state index in [1.165, 1.54) is 5.56 Å². The number of nitrogens with two attached hydrogens (primary N) is 1. The van der Waals surface area contributed by atoms with E-state index in [0.29, 0.717) is 31.0 Å². The molecule has 1 aliphatic carbocycles. The minimum absolute atomic E-state index is 0.0287. The zero-order chi connectivity index (χ0) is 25.2. The second-order valence-corrected chi connectivity index (χ2v) is 9.03. The van der Waals surface area contributed by atoms with Gasteiger partial charge in [0.05, 0.1) is 6.04 Å². The minimum Gasteiger partial charge on any atom is -0.489 e. The molecule has 36 heavy (non-hydrogen) atoms. The second kappa shape index (κ2) is 12.7. The zero-order valence-electron chi connectivity index (χ0n) is 20.4. The number of anilines is 1. The van der Waals surface area contributed by atoms with Gasteiger partial charge in [0.25, 0.3) is 0 Å². The van der Waals surface area contributed by atoms with Crippen LogP contribution >= 0.6 is 0 Å². The lowest BCUT2D eigenvalue weighted by atomic mass is 10.1. The smallest absolute Gasteiger partial charge is 0.319 e. The Labute approximate surface area is 212 Å². The lowest BCUT2D eigenvalue weighted by Crippen LogP contribution is -2.48. The predicted octanol–water partition coefficient (Wildman–Crippen LogP) is 4.69. The van der Waals surface area contributed by atoms with Crippen LogP contribution in [0.3, 0.4) is 0 Å². The van der Waals surface area contributed by atoms with Gasteiger partial charge >= 0.3 is 6.03 Å². The summed E-state index contributed by atoms with van der Waals surface area (Å²) in [7, 11) is 0. The number of benzene rings is 3. The number of amides is 3. The van der Waals surface area contributed by atoms with Gasteiger partial charge in [-0.1, -0.05) is 54.6 Å². The number of urea groups is 1. The van der Waals surface area contributed by atoms with E-state index in [-0.39, 0.29) is 11.9 Å². The molecule has 1 aliphatic rings. The highest BCUT2D eigenvalue weighted by molar-refractivity contribution is 5.93. The highest BCUT2D eigenvalue weighted by Gasteiger charge is 2.27. The van der Waals surface area contributed by atoms with Crippen LogP contribution in [0.25, 0.3) is 0 Å². The molecule has 0 aliphatic heterocycles. The molecule has 0 spiro atoms. The van der Waals surface area contributed by atoms with Gasteiger partial charge in [-0.15, -0.1) is 0 Å². The number of aryl methyl sites for hydroxylation is 1. The van der Waals surface area contributed by atoms with Gasteiger partial charge in [0.2, 0.25) is 5.91 Å². The van der Waals surface area contributed by atoms with Crippen LogP contribution in [0.5, 0.6) is 5.75 Å². The van der Waals surface area contributed by atoms with E-state index in [2.05, 4.69) is 28.1 Å². The first-order valence-corrected chi connectivity index (χ1v) is 12.5. The molecule has 0 aromatic heterocycles. The second-order valence-electron chi connectivity index (χ2n) is 9.03. The third-order valence-electron chi connectivity index (χ3n) is 6.38. The molecule has 1 unspecified atom stereocenters. The summed E-state index contributed by atoms with van der Waals surface area (Å²) in [5, 5.41) is 8.80. The zero-order valence-corrected chi connectivity index (χ0v) is 20.4. The van der Waals surface area contributed by atoms with Crippen molar-refractivity contribution in [2.75, 3.05) is 11.9 Å². The van der Waals surface area contributed by atoms with Gasteiger partial charge in [-0.3, -0.25) is 4.79 Å². The first-order valence-electron chi connectivity index (χ1n) is 12.5. The van der Waals surface area contributed by atoms with Crippen LogP contribution in [-0.2, 0) is 17.8 Å². The molecule has 188 valence electrons. The number of carbonyl (C=O) groups excluding carboxylic acids is 2.